The fourth-order valence-electron chi connectivity index (χ4n) is 4.95. The van der Waals surface area contributed by atoms with Gasteiger partial charge in [-0.05, 0) is 29.7 Å². The van der Waals surface area contributed by atoms with Crippen LogP contribution in [0.3, 0.4) is 0 Å². The van der Waals surface area contributed by atoms with Gasteiger partial charge in [-0.1, -0.05) is 36.4 Å². The number of esters is 1. The first-order chi connectivity index (χ1) is 14.6. The lowest BCUT2D eigenvalue weighted by Gasteiger charge is -2.40. The van der Waals surface area contributed by atoms with Crippen LogP contribution in [0.5, 0.6) is 11.5 Å². The number of amides is 1. The van der Waals surface area contributed by atoms with E-state index in [0.29, 0.717) is 19.5 Å². The zero-order valence-electron chi connectivity index (χ0n) is 16.8. The average Bonchev–Trinajstić information content (AvgIpc) is 3.38. The van der Waals surface area contributed by atoms with Crippen molar-refractivity contribution in [1.82, 2.24) is 9.80 Å². The minimum Gasteiger partial charge on any atom is -0.469 e. The third-order valence-electron chi connectivity index (χ3n) is 6.20. The van der Waals surface area contributed by atoms with E-state index < -0.39 is 0 Å². The molecule has 0 bridgehead atoms. The molecule has 0 spiro atoms. The number of ether oxygens (including phenoxy) is 3. The Balaban J connectivity index is 1.37. The van der Waals surface area contributed by atoms with Gasteiger partial charge < -0.3 is 19.1 Å². The second-order valence-electron chi connectivity index (χ2n) is 8.03. The minimum atomic E-state index is -0.350. The van der Waals surface area contributed by atoms with Crippen molar-refractivity contribution in [3.8, 4) is 11.5 Å². The number of nitrogens with zero attached hydrogens (tertiary/aromatic N) is 2. The molecular weight excluding hydrogens is 384 g/mol. The first kappa shape index (κ1) is 18.9. The quantitative estimate of drug-likeness (QED) is 0.724. The Labute approximate surface area is 175 Å². The van der Waals surface area contributed by atoms with Gasteiger partial charge in [0.1, 0.15) is 0 Å². The summed E-state index contributed by atoms with van der Waals surface area (Å²) in [5.74, 6) is 0.938. The van der Waals surface area contributed by atoms with Gasteiger partial charge in [0.15, 0.2) is 11.5 Å². The molecule has 2 saturated heterocycles. The number of carbonyl (C=O) groups excluding carboxylic acids is 2. The maximum atomic E-state index is 13.2. The molecule has 0 radical (unpaired) electrons. The first-order valence-corrected chi connectivity index (χ1v) is 10.2. The van der Waals surface area contributed by atoms with Crippen LogP contribution in [0.15, 0.2) is 48.5 Å². The Bertz CT molecular complexity index is 963. The summed E-state index contributed by atoms with van der Waals surface area (Å²) in [5.41, 5.74) is 2.05. The first-order valence-electron chi connectivity index (χ1n) is 10.2. The minimum absolute atomic E-state index is 0.0189. The normalized spacial score (nSPS) is 25.3. The number of hydrogen-bond donors (Lipinski definition) is 0. The Morgan fingerprint density at radius 2 is 1.93 bits per heavy atom. The molecule has 0 saturated carbocycles. The van der Waals surface area contributed by atoms with Gasteiger partial charge in [0, 0.05) is 19.1 Å². The van der Waals surface area contributed by atoms with Gasteiger partial charge in [0.25, 0.3) is 0 Å². The van der Waals surface area contributed by atoms with Gasteiger partial charge in [0.05, 0.1) is 25.6 Å². The zero-order chi connectivity index (χ0) is 20.7. The standard InChI is InChI=1S/C23H24N2O5/c1-28-23(27)18-10-17-12-24(11-15-7-8-19-20(9-15)30-14-29-19)13-21(26)25(17)22(18)16-5-3-2-4-6-16/h2-9,17-18,22H,10-14H2,1H3/t17-,18-,22-/m0/s1. The third-order valence-corrected chi connectivity index (χ3v) is 6.20. The Kier molecular flexibility index (Phi) is 4.83. The molecular formula is C23H24N2O5. The number of fused-ring (bicyclic) bond motifs is 2. The predicted molar refractivity (Wildman–Crippen MR) is 108 cm³/mol. The smallest absolute Gasteiger partial charge is 0.311 e. The van der Waals surface area contributed by atoms with Crippen molar-refractivity contribution in [2.75, 3.05) is 27.0 Å². The van der Waals surface area contributed by atoms with Gasteiger partial charge in [0.2, 0.25) is 12.7 Å². The Hall–Kier alpha value is -3.06. The number of carbonyl (C=O) groups is 2. The third kappa shape index (κ3) is 3.29. The lowest BCUT2D eigenvalue weighted by Crippen LogP contribution is -2.53. The molecule has 2 aromatic rings. The van der Waals surface area contributed by atoms with Crippen LogP contribution in [0.4, 0.5) is 0 Å². The van der Waals surface area contributed by atoms with Crippen molar-refractivity contribution in [3.05, 3.63) is 59.7 Å². The molecule has 2 fully saturated rings. The molecule has 3 aliphatic heterocycles. The summed E-state index contributed by atoms with van der Waals surface area (Å²) in [6.07, 6.45) is 0.607. The van der Waals surface area contributed by atoms with Crippen LogP contribution >= 0.6 is 0 Å². The highest BCUT2D eigenvalue weighted by Crippen LogP contribution is 2.43. The fraction of sp³-hybridized carbons (Fsp3) is 0.391. The molecule has 7 heteroatoms. The highest BCUT2D eigenvalue weighted by molar-refractivity contribution is 5.83. The number of methoxy groups -OCH3 is 1. The summed E-state index contributed by atoms with van der Waals surface area (Å²) in [6, 6.07) is 15.4. The number of piperazine rings is 1. The Morgan fingerprint density at radius 3 is 2.73 bits per heavy atom. The number of hydrogen-bond acceptors (Lipinski definition) is 6. The van der Waals surface area contributed by atoms with Gasteiger partial charge in [-0.3, -0.25) is 14.5 Å². The summed E-state index contributed by atoms with van der Waals surface area (Å²) >= 11 is 0. The molecule has 30 heavy (non-hydrogen) atoms. The van der Waals surface area contributed by atoms with Crippen LogP contribution in [-0.2, 0) is 20.9 Å². The molecule has 0 aliphatic carbocycles. The van der Waals surface area contributed by atoms with Gasteiger partial charge in [-0.2, -0.15) is 0 Å². The van der Waals surface area contributed by atoms with E-state index in [0.717, 1.165) is 29.2 Å². The second-order valence-corrected chi connectivity index (χ2v) is 8.03. The summed E-state index contributed by atoms with van der Waals surface area (Å²) in [7, 11) is 1.41. The molecule has 7 nitrogen and oxygen atoms in total. The van der Waals surface area contributed by atoms with E-state index in [4.69, 9.17) is 14.2 Å². The van der Waals surface area contributed by atoms with E-state index in [1.54, 1.807) is 0 Å². The van der Waals surface area contributed by atoms with Crippen LogP contribution in [0.25, 0.3) is 0 Å². The van der Waals surface area contributed by atoms with Crippen LogP contribution < -0.4 is 9.47 Å². The molecule has 2 aromatic carbocycles. The summed E-state index contributed by atoms with van der Waals surface area (Å²) in [4.78, 5) is 29.8. The molecule has 0 unspecified atom stereocenters. The van der Waals surface area contributed by atoms with Crippen LogP contribution in [0.1, 0.15) is 23.6 Å². The monoisotopic (exact) mass is 408 g/mol. The summed E-state index contributed by atoms with van der Waals surface area (Å²) < 4.78 is 15.9. The molecule has 0 N–H and O–H groups in total. The second kappa shape index (κ2) is 7.65. The van der Waals surface area contributed by atoms with Crippen LogP contribution in [0, 0.1) is 5.92 Å². The average molecular weight is 408 g/mol. The Morgan fingerprint density at radius 1 is 1.13 bits per heavy atom. The van der Waals surface area contributed by atoms with Gasteiger partial charge >= 0.3 is 5.97 Å². The summed E-state index contributed by atoms with van der Waals surface area (Å²) in [6.45, 7) is 1.93. The molecule has 5 rings (SSSR count). The lowest BCUT2D eigenvalue weighted by atomic mass is 9.93. The summed E-state index contributed by atoms with van der Waals surface area (Å²) in [5, 5.41) is 0. The highest BCUT2D eigenvalue weighted by Gasteiger charge is 2.50. The van der Waals surface area contributed by atoms with E-state index in [1.165, 1.54) is 7.11 Å². The number of rotatable bonds is 4. The van der Waals surface area contributed by atoms with E-state index in [9.17, 15) is 9.59 Å². The molecule has 3 aliphatic rings. The topological polar surface area (TPSA) is 68.3 Å². The van der Waals surface area contributed by atoms with Gasteiger partial charge in [-0.25, -0.2) is 0 Å². The van der Waals surface area contributed by atoms with E-state index in [2.05, 4.69) is 4.90 Å². The number of benzene rings is 2. The molecule has 0 aromatic heterocycles. The maximum absolute atomic E-state index is 13.2. The predicted octanol–water partition coefficient (Wildman–Crippen LogP) is 2.36. The highest BCUT2D eigenvalue weighted by atomic mass is 16.7. The van der Waals surface area contributed by atoms with Crippen molar-refractivity contribution in [1.29, 1.82) is 0 Å². The van der Waals surface area contributed by atoms with E-state index >= 15 is 0 Å². The van der Waals surface area contributed by atoms with Crippen molar-refractivity contribution in [3.63, 3.8) is 0 Å². The SMILES string of the molecule is COC(=O)[C@H]1C[C@H]2CN(Cc3ccc4c(c3)OCO4)CC(=O)N2[C@H]1c1ccccc1. The van der Waals surface area contributed by atoms with Crippen molar-refractivity contribution in [2.24, 2.45) is 5.92 Å². The van der Waals surface area contributed by atoms with E-state index in [-0.39, 0.29) is 36.7 Å². The fourth-order valence-corrected chi connectivity index (χ4v) is 4.95. The maximum Gasteiger partial charge on any atom is 0.311 e. The molecule has 1 amide bonds. The molecule has 3 atom stereocenters. The van der Waals surface area contributed by atoms with Gasteiger partial charge in [-0.15, -0.1) is 0 Å². The van der Waals surface area contributed by atoms with Crippen LogP contribution in [-0.4, -0.2) is 54.7 Å². The molecule has 3 heterocycles. The van der Waals surface area contributed by atoms with Crippen molar-refractivity contribution >= 4 is 11.9 Å². The van der Waals surface area contributed by atoms with Crippen molar-refractivity contribution < 1.29 is 23.8 Å². The van der Waals surface area contributed by atoms with Crippen LogP contribution in [0.2, 0.25) is 0 Å². The lowest BCUT2D eigenvalue weighted by molar-refractivity contribution is -0.147. The van der Waals surface area contributed by atoms with E-state index in [1.807, 2.05) is 53.4 Å². The molecule has 156 valence electrons. The zero-order valence-corrected chi connectivity index (χ0v) is 16.8. The van der Waals surface area contributed by atoms with Crippen molar-refractivity contribution in [2.45, 2.75) is 25.0 Å². The largest absolute Gasteiger partial charge is 0.469 e.